The predicted molar refractivity (Wildman–Crippen MR) is 42.4 cm³/mol. The van der Waals surface area contributed by atoms with Crippen molar-refractivity contribution in [2.75, 3.05) is 6.61 Å². The van der Waals surface area contributed by atoms with Gasteiger partial charge in [-0.1, -0.05) is 10.3 Å². The normalized spacial score (nSPS) is 20.8. The molecule has 88 valence electrons. The van der Waals surface area contributed by atoms with Crippen molar-refractivity contribution in [2.45, 2.75) is 18.7 Å². The highest BCUT2D eigenvalue weighted by atomic mass is 19.4. The molecule has 0 saturated heterocycles. The summed E-state index contributed by atoms with van der Waals surface area (Å²) in [4.78, 5) is 7.84. The van der Waals surface area contributed by atoms with E-state index in [1.165, 1.54) is 0 Å². The molecule has 1 N–H and O–H groups in total. The minimum absolute atomic E-state index is 0.123. The summed E-state index contributed by atoms with van der Waals surface area (Å²) in [5, 5.41) is 15.3. The molecule has 1 aliphatic rings. The van der Waals surface area contributed by atoms with Gasteiger partial charge in [-0.25, -0.2) is 0 Å². The summed E-state index contributed by atoms with van der Waals surface area (Å²) in [7, 11) is 0. The highest BCUT2D eigenvalue weighted by molar-refractivity contribution is 5.97. The van der Waals surface area contributed by atoms with Crippen molar-refractivity contribution >= 4 is 5.71 Å². The molecular weight excluding hydrogens is 231 g/mol. The van der Waals surface area contributed by atoms with E-state index in [1.54, 1.807) is 0 Å². The molecule has 2 heterocycles. The molecule has 0 aromatic carbocycles. The van der Waals surface area contributed by atoms with Gasteiger partial charge in [0.25, 0.3) is 0 Å². The van der Waals surface area contributed by atoms with Crippen molar-refractivity contribution in [3.05, 3.63) is 11.7 Å². The highest BCUT2D eigenvalue weighted by Gasteiger charge is 2.39. The molecule has 1 unspecified atom stereocenters. The van der Waals surface area contributed by atoms with Gasteiger partial charge in [0, 0.05) is 6.42 Å². The van der Waals surface area contributed by atoms with Crippen molar-refractivity contribution in [3.8, 4) is 0 Å². The zero-order valence-electron chi connectivity index (χ0n) is 7.73. The Balaban J connectivity index is 2.15. The Morgan fingerprint density at radius 1 is 1.44 bits per heavy atom. The third kappa shape index (κ3) is 1.98. The lowest BCUT2D eigenvalue weighted by molar-refractivity contribution is -0.159. The quantitative estimate of drug-likeness (QED) is 0.813. The molecule has 0 saturated carbocycles. The first-order valence-corrected chi connectivity index (χ1v) is 4.25. The fraction of sp³-hybridized carbons (Fsp3) is 0.571. The number of halogens is 3. The van der Waals surface area contributed by atoms with Gasteiger partial charge in [-0.05, 0) is 0 Å². The van der Waals surface area contributed by atoms with Gasteiger partial charge in [0.1, 0.15) is 5.71 Å². The van der Waals surface area contributed by atoms with E-state index in [2.05, 4.69) is 19.8 Å². The number of oxime groups is 1. The molecule has 0 aliphatic carbocycles. The Bertz CT molecular complexity index is 414. The first kappa shape index (κ1) is 10.9. The fourth-order valence-electron chi connectivity index (χ4n) is 1.11. The number of aliphatic hydroxyl groups is 1. The molecule has 0 bridgehead atoms. The minimum atomic E-state index is -4.68. The molecule has 2 rings (SSSR count). The van der Waals surface area contributed by atoms with Crippen molar-refractivity contribution < 1.29 is 27.6 Å². The largest absolute Gasteiger partial charge is 0.471 e. The fourth-order valence-corrected chi connectivity index (χ4v) is 1.11. The second kappa shape index (κ2) is 3.74. The van der Waals surface area contributed by atoms with Gasteiger partial charge in [0.2, 0.25) is 5.82 Å². The molecule has 6 nitrogen and oxygen atoms in total. The number of hydrogen-bond donors (Lipinski definition) is 1. The first-order valence-electron chi connectivity index (χ1n) is 4.25. The van der Waals surface area contributed by atoms with Crippen LogP contribution in [0.2, 0.25) is 0 Å². The van der Waals surface area contributed by atoms with Crippen molar-refractivity contribution in [3.63, 3.8) is 0 Å². The second-order valence-corrected chi connectivity index (χ2v) is 3.07. The van der Waals surface area contributed by atoms with E-state index in [-0.39, 0.29) is 24.6 Å². The maximum Gasteiger partial charge on any atom is 0.471 e. The summed E-state index contributed by atoms with van der Waals surface area (Å²) < 4.78 is 40.4. The third-order valence-corrected chi connectivity index (χ3v) is 1.86. The SMILES string of the molecule is OCC1CC(c2noc(C(F)(F)F)n2)=NO1. The topological polar surface area (TPSA) is 80.7 Å². The van der Waals surface area contributed by atoms with Crippen molar-refractivity contribution in [1.29, 1.82) is 0 Å². The number of aromatic nitrogens is 2. The van der Waals surface area contributed by atoms with E-state index in [1.807, 2.05) is 0 Å². The maximum atomic E-state index is 12.1. The van der Waals surface area contributed by atoms with E-state index < -0.39 is 18.2 Å². The molecule has 0 amide bonds. The third-order valence-electron chi connectivity index (χ3n) is 1.86. The molecule has 0 radical (unpaired) electrons. The molecular formula is C7H6F3N3O3. The number of rotatable bonds is 2. The van der Waals surface area contributed by atoms with Gasteiger partial charge in [-0.15, -0.1) is 0 Å². The monoisotopic (exact) mass is 237 g/mol. The second-order valence-electron chi connectivity index (χ2n) is 3.07. The Hall–Kier alpha value is -1.64. The number of hydrogen-bond acceptors (Lipinski definition) is 6. The van der Waals surface area contributed by atoms with E-state index in [0.717, 1.165) is 0 Å². The summed E-state index contributed by atoms with van der Waals surface area (Å²) in [5.41, 5.74) is 0.123. The van der Waals surface area contributed by atoms with Crippen LogP contribution in [0.3, 0.4) is 0 Å². The average molecular weight is 237 g/mol. The predicted octanol–water partition coefficient (Wildman–Crippen LogP) is 0.574. The molecule has 9 heteroatoms. The molecule has 1 atom stereocenters. The van der Waals surface area contributed by atoms with E-state index in [0.29, 0.717) is 0 Å². The van der Waals surface area contributed by atoms with Gasteiger partial charge < -0.3 is 14.5 Å². The van der Waals surface area contributed by atoms with Crippen LogP contribution in [0.5, 0.6) is 0 Å². The maximum absolute atomic E-state index is 12.1. The van der Waals surface area contributed by atoms with E-state index in [4.69, 9.17) is 9.94 Å². The van der Waals surface area contributed by atoms with Crippen LogP contribution in [-0.4, -0.2) is 33.7 Å². The molecule has 16 heavy (non-hydrogen) atoms. The van der Waals surface area contributed by atoms with Crippen LogP contribution in [-0.2, 0) is 11.0 Å². The number of nitrogens with zero attached hydrogens (tertiary/aromatic N) is 3. The number of alkyl halides is 3. The zero-order valence-corrected chi connectivity index (χ0v) is 7.73. The van der Waals surface area contributed by atoms with Crippen LogP contribution in [0.1, 0.15) is 18.1 Å². The lowest BCUT2D eigenvalue weighted by Crippen LogP contribution is -2.13. The van der Waals surface area contributed by atoms with Gasteiger partial charge in [-0.2, -0.15) is 18.2 Å². The van der Waals surface area contributed by atoms with Gasteiger partial charge >= 0.3 is 12.1 Å². The number of aliphatic hydroxyl groups excluding tert-OH is 1. The lowest BCUT2D eigenvalue weighted by Gasteiger charge is -1.99. The van der Waals surface area contributed by atoms with Crippen LogP contribution >= 0.6 is 0 Å². The Morgan fingerprint density at radius 3 is 2.69 bits per heavy atom. The molecule has 0 spiro atoms. The van der Waals surface area contributed by atoms with Gasteiger partial charge in [0.15, 0.2) is 6.10 Å². The van der Waals surface area contributed by atoms with E-state index in [9.17, 15) is 13.2 Å². The summed E-state index contributed by atoms with van der Waals surface area (Å²) in [6.07, 6.45) is -5.10. The Labute approximate surface area is 86.7 Å². The lowest BCUT2D eigenvalue weighted by atomic mass is 10.2. The highest BCUT2D eigenvalue weighted by Crippen LogP contribution is 2.28. The Morgan fingerprint density at radius 2 is 2.19 bits per heavy atom. The Kier molecular flexibility index (Phi) is 2.54. The zero-order chi connectivity index (χ0) is 11.8. The van der Waals surface area contributed by atoms with Gasteiger partial charge in [-0.3, -0.25) is 0 Å². The van der Waals surface area contributed by atoms with Crippen molar-refractivity contribution in [1.82, 2.24) is 10.1 Å². The summed E-state index contributed by atoms with van der Waals surface area (Å²) >= 11 is 0. The van der Waals surface area contributed by atoms with Crippen LogP contribution in [0.25, 0.3) is 0 Å². The molecule has 1 aromatic rings. The summed E-state index contributed by atoms with van der Waals surface area (Å²) in [5.74, 6) is -1.71. The van der Waals surface area contributed by atoms with Crippen LogP contribution in [0.15, 0.2) is 9.68 Å². The van der Waals surface area contributed by atoms with Gasteiger partial charge in [0.05, 0.1) is 6.61 Å². The first-order chi connectivity index (χ1) is 7.50. The van der Waals surface area contributed by atoms with Crippen molar-refractivity contribution in [2.24, 2.45) is 5.16 Å². The standard InChI is InChI=1S/C7H6F3N3O3/c8-7(9,10)6-11-5(13-16-6)4-1-3(2-14)15-12-4/h3,14H,1-2H2. The minimum Gasteiger partial charge on any atom is -0.392 e. The summed E-state index contributed by atoms with van der Waals surface area (Å²) in [6.45, 7) is -0.281. The molecule has 1 aromatic heterocycles. The smallest absolute Gasteiger partial charge is 0.392 e. The molecule has 0 fully saturated rings. The van der Waals surface area contributed by atoms with Crippen LogP contribution in [0.4, 0.5) is 13.2 Å². The van der Waals surface area contributed by atoms with Crippen LogP contribution in [0, 0.1) is 0 Å². The summed E-state index contributed by atoms with van der Waals surface area (Å²) in [6, 6.07) is 0. The molecule has 1 aliphatic heterocycles. The van der Waals surface area contributed by atoms with E-state index >= 15 is 0 Å². The van der Waals surface area contributed by atoms with Crippen LogP contribution < -0.4 is 0 Å². The average Bonchev–Trinajstić information content (AvgIpc) is 2.85.